The van der Waals surface area contributed by atoms with Crippen LogP contribution in [-0.2, 0) is 6.18 Å². The number of benzene rings is 2. The van der Waals surface area contributed by atoms with Crippen molar-refractivity contribution in [2.75, 3.05) is 44.2 Å². The van der Waals surface area contributed by atoms with Crippen LogP contribution in [0, 0.1) is 10.1 Å². The maximum atomic E-state index is 12.9. The van der Waals surface area contributed by atoms with Crippen molar-refractivity contribution >= 4 is 28.1 Å². The van der Waals surface area contributed by atoms with Crippen LogP contribution in [0.1, 0.15) is 5.82 Å². The van der Waals surface area contributed by atoms with E-state index in [4.69, 9.17) is 10.3 Å². The normalized spacial score (nSPS) is 14.7. The van der Waals surface area contributed by atoms with Crippen LogP contribution in [0.4, 0.5) is 30.2 Å². The Balaban J connectivity index is 1.36. The second-order valence-electron chi connectivity index (χ2n) is 7.50. The van der Waals surface area contributed by atoms with Crippen LogP contribution < -0.4 is 9.64 Å². The molecule has 34 heavy (non-hydrogen) atoms. The summed E-state index contributed by atoms with van der Waals surface area (Å²) in [5, 5.41) is 15.0. The van der Waals surface area contributed by atoms with Gasteiger partial charge in [-0.3, -0.25) is 15.0 Å². The summed E-state index contributed by atoms with van der Waals surface area (Å²) < 4.78 is 44.5. The third-order valence-corrected chi connectivity index (χ3v) is 5.45. The van der Waals surface area contributed by atoms with Crippen LogP contribution >= 0.6 is 0 Å². The number of fused-ring (bicyclic) bond motifs is 1. The summed E-state index contributed by atoms with van der Waals surface area (Å²) in [5.41, 5.74) is 9.14. The summed E-state index contributed by atoms with van der Waals surface area (Å²) in [6, 6.07) is 9.27. The highest BCUT2D eigenvalue weighted by atomic mass is 19.4. The number of para-hydroxylation sites is 2. The molecule has 0 saturated carbocycles. The van der Waals surface area contributed by atoms with Gasteiger partial charge in [0.1, 0.15) is 29.2 Å². The van der Waals surface area contributed by atoms with Gasteiger partial charge in [-0.2, -0.15) is 13.2 Å². The summed E-state index contributed by atoms with van der Waals surface area (Å²) in [6.07, 6.45) is -4.58. The van der Waals surface area contributed by atoms with Gasteiger partial charge in [-0.25, -0.2) is 4.98 Å². The monoisotopic (exact) mass is 476 g/mol. The van der Waals surface area contributed by atoms with Crippen LogP contribution in [0.3, 0.4) is 0 Å². The molecular weight excluding hydrogens is 457 g/mol. The van der Waals surface area contributed by atoms with Gasteiger partial charge in [0.05, 0.1) is 10.4 Å². The minimum Gasteiger partial charge on any atom is -0.490 e. The zero-order valence-electron chi connectivity index (χ0n) is 17.7. The van der Waals surface area contributed by atoms with E-state index in [1.807, 2.05) is 4.90 Å². The molecule has 1 aromatic heterocycles. The maximum absolute atomic E-state index is 12.9. The van der Waals surface area contributed by atoms with Gasteiger partial charge < -0.3 is 14.6 Å². The lowest BCUT2D eigenvalue weighted by Gasteiger charge is -2.35. The zero-order valence-corrected chi connectivity index (χ0v) is 17.7. The van der Waals surface area contributed by atoms with Crippen molar-refractivity contribution in [2.24, 2.45) is 5.11 Å². The quantitative estimate of drug-likeness (QED) is 0.174. The van der Waals surface area contributed by atoms with Gasteiger partial charge >= 0.3 is 11.9 Å². The number of rotatable bonds is 7. The lowest BCUT2D eigenvalue weighted by atomic mass is 10.2. The number of hydrogen-bond donors (Lipinski definition) is 1. The molecule has 3 aromatic rings. The number of ether oxygens (including phenoxy) is 1. The van der Waals surface area contributed by atoms with Crippen LogP contribution in [-0.4, -0.2) is 59.1 Å². The summed E-state index contributed by atoms with van der Waals surface area (Å²) in [7, 11) is 0. The number of azide groups is 1. The van der Waals surface area contributed by atoms with E-state index in [1.54, 1.807) is 24.3 Å². The summed E-state index contributed by atoms with van der Waals surface area (Å²) in [5.74, 6) is -0.818. The first-order valence-corrected chi connectivity index (χ1v) is 10.3. The molecule has 0 amide bonds. The molecule has 178 valence electrons. The number of nitrogens with one attached hydrogen (secondary N) is 1. The number of nitrogens with zero attached hydrogens (tertiary/aromatic N) is 7. The van der Waals surface area contributed by atoms with Gasteiger partial charge in [-0.15, -0.1) is 0 Å². The molecule has 11 nitrogen and oxygen atoms in total. The van der Waals surface area contributed by atoms with E-state index in [-0.39, 0.29) is 34.8 Å². The molecule has 0 radical (unpaired) electrons. The van der Waals surface area contributed by atoms with E-state index >= 15 is 0 Å². The molecule has 0 bridgehead atoms. The number of hydrogen-bond acceptors (Lipinski definition) is 7. The third-order valence-electron chi connectivity index (χ3n) is 5.45. The van der Waals surface area contributed by atoms with E-state index < -0.39 is 16.9 Å². The van der Waals surface area contributed by atoms with Crippen LogP contribution in [0.5, 0.6) is 5.75 Å². The predicted octanol–water partition coefficient (Wildman–Crippen LogP) is 4.63. The number of halogens is 3. The SMILES string of the molecule is [N-]=[N+]=Nc1cccc(N2CCN(CCOc3cccc4[nH]c(C(F)(F)F)nc34)CC2)c1[N+](=O)[O-]. The Labute approximate surface area is 190 Å². The van der Waals surface area contributed by atoms with E-state index in [2.05, 4.69) is 24.9 Å². The third kappa shape index (κ3) is 4.82. The second-order valence-corrected chi connectivity index (χ2v) is 7.50. The molecular formula is C20H19F3N8O3. The number of aromatic amines is 1. The second kappa shape index (κ2) is 9.45. The van der Waals surface area contributed by atoms with Crippen LogP contribution in [0.15, 0.2) is 41.5 Å². The van der Waals surface area contributed by atoms with E-state index in [0.717, 1.165) is 0 Å². The highest BCUT2D eigenvalue weighted by Gasteiger charge is 2.35. The highest BCUT2D eigenvalue weighted by molar-refractivity contribution is 5.81. The summed E-state index contributed by atoms with van der Waals surface area (Å²) in [4.78, 5) is 23.5. The predicted molar refractivity (Wildman–Crippen MR) is 117 cm³/mol. The molecule has 2 aromatic carbocycles. The van der Waals surface area contributed by atoms with Crippen molar-refractivity contribution in [1.29, 1.82) is 0 Å². The van der Waals surface area contributed by atoms with Crippen molar-refractivity contribution in [3.05, 3.63) is 62.8 Å². The molecule has 2 heterocycles. The minimum absolute atomic E-state index is 0.0398. The zero-order chi connectivity index (χ0) is 24.3. The van der Waals surface area contributed by atoms with Crippen molar-refractivity contribution in [3.8, 4) is 5.75 Å². The van der Waals surface area contributed by atoms with Crippen molar-refractivity contribution in [2.45, 2.75) is 6.18 Å². The molecule has 1 aliphatic rings. The molecule has 14 heteroatoms. The Hall–Kier alpha value is -4.03. The number of anilines is 1. The smallest absolute Gasteiger partial charge is 0.449 e. The average molecular weight is 476 g/mol. The maximum Gasteiger partial charge on any atom is 0.449 e. The fourth-order valence-corrected chi connectivity index (χ4v) is 3.84. The number of H-pyrrole nitrogens is 1. The molecule has 1 N–H and O–H groups in total. The van der Waals surface area contributed by atoms with Gasteiger partial charge in [0.15, 0.2) is 0 Å². The Morgan fingerprint density at radius 1 is 1.21 bits per heavy atom. The Morgan fingerprint density at radius 3 is 2.62 bits per heavy atom. The molecule has 0 spiro atoms. The number of alkyl halides is 3. The van der Waals surface area contributed by atoms with Crippen LogP contribution in [0.25, 0.3) is 21.5 Å². The number of piperazine rings is 1. The number of aromatic nitrogens is 2. The highest BCUT2D eigenvalue weighted by Crippen LogP contribution is 2.38. The average Bonchev–Trinajstić information content (AvgIpc) is 3.26. The van der Waals surface area contributed by atoms with Crippen molar-refractivity contribution in [3.63, 3.8) is 0 Å². The first kappa shape index (κ1) is 23.1. The molecule has 0 unspecified atom stereocenters. The number of nitro groups is 1. The first-order chi connectivity index (χ1) is 16.3. The van der Waals surface area contributed by atoms with Gasteiger partial charge in [-0.1, -0.05) is 17.2 Å². The Kier molecular flexibility index (Phi) is 6.43. The fourth-order valence-electron chi connectivity index (χ4n) is 3.84. The largest absolute Gasteiger partial charge is 0.490 e. The van der Waals surface area contributed by atoms with E-state index in [0.29, 0.717) is 38.4 Å². The first-order valence-electron chi connectivity index (χ1n) is 10.3. The minimum atomic E-state index is -4.58. The number of imidazole rings is 1. The van der Waals surface area contributed by atoms with Gasteiger partial charge in [0, 0.05) is 37.6 Å². The molecule has 1 aliphatic heterocycles. The number of nitro benzene ring substituents is 1. The molecule has 0 atom stereocenters. The topological polar surface area (TPSA) is 136 Å². The molecule has 4 rings (SSSR count). The van der Waals surface area contributed by atoms with Crippen molar-refractivity contribution < 1.29 is 22.8 Å². The fraction of sp³-hybridized carbons (Fsp3) is 0.350. The molecule has 0 aliphatic carbocycles. The Bertz CT molecular complexity index is 1250. The van der Waals surface area contributed by atoms with Gasteiger partial charge in [0.2, 0.25) is 5.82 Å². The van der Waals surface area contributed by atoms with Crippen LogP contribution in [0.2, 0.25) is 0 Å². The standard InChI is InChI=1S/C20H19F3N8O3/c21-20(22,23)19-25-13-3-2-6-16(17(13)26-19)34-12-11-29-7-9-30(10-8-29)15-5-1-4-14(27-28-24)18(15)31(32)33/h1-6H,7-12H2,(H,25,26). The van der Waals surface area contributed by atoms with E-state index in [1.165, 1.54) is 12.1 Å². The molecule has 1 saturated heterocycles. The van der Waals surface area contributed by atoms with Gasteiger partial charge in [0.25, 0.3) is 0 Å². The van der Waals surface area contributed by atoms with E-state index in [9.17, 15) is 23.3 Å². The van der Waals surface area contributed by atoms with Crippen molar-refractivity contribution in [1.82, 2.24) is 14.9 Å². The molecule has 1 fully saturated rings. The van der Waals surface area contributed by atoms with Gasteiger partial charge in [-0.05, 0) is 29.8 Å². The Morgan fingerprint density at radius 2 is 1.94 bits per heavy atom. The summed E-state index contributed by atoms with van der Waals surface area (Å²) in [6.45, 7) is 2.95. The lowest BCUT2D eigenvalue weighted by molar-refractivity contribution is -0.383. The lowest BCUT2D eigenvalue weighted by Crippen LogP contribution is -2.47. The summed E-state index contributed by atoms with van der Waals surface area (Å²) >= 11 is 0.